The Labute approximate surface area is 163 Å². The maximum atomic E-state index is 15.4. The first-order valence-corrected chi connectivity index (χ1v) is 10.8. The number of ether oxygens (including phenoxy) is 1. The lowest BCUT2D eigenvalue weighted by Crippen LogP contribution is -2.35. The molecule has 2 aliphatic rings. The van der Waals surface area contributed by atoms with E-state index in [1.165, 1.54) is 11.8 Å². The molecule has 3 heterocycles. The highest BCUT2D eigenvalue weighted by Crippen LogP contribution is 2.47. The Morgan fingerprint density at radius 1 is 1.33 bits per heavy atom. The van der Waals surface area contributed by atoms with E-state index in [2.05, 4.69) is 0 Å². The third kappa shape index (κ3) is 2.82. The molecule has 1 fully saturated rings. The fourth-order valence-electron chi connectivity index (χ4n) is 3.55. The van der Waals surface area contributed by atoms with Crippen LogP contribution in [0.25, 0.3) is 10.9 Å². The van der Waals surface area contributed by atoms with Gasteiger partial charge >= 0.3 is 5.97 Å². The zero-order valence-electron chi connectivity index (χ0n) is 14.9. The van der Waals surface area contributed by atoms with Crippen LogP contribution in [0.15, 0.2) is 15.9 Å². The summed E-state index contributed by atoms with van der Waals surface area (Å²) in [5, 5.41) is 0.0872. The molecule has 1 unspecified atom stereocenters. The molecule has 2 aliphatic heterocycles. The maximum absolute atomic E-state index is 15.4. The van der Waals surface area contributed by atoms with Gasteiger partial charge in [-0.25, -0.2) is 13.6 Å². The number of carbonyl (C=O) groups is 1. The number of benzene rings is 1. The maximum Gasteiger partial charge on any atom is 0.344 e. The van der Waals surface area contributed by atoms with Crippen molar-refractivity contribution in [3.05, 3.63) is 33.5 Å². The van der Waals surface area contributed by atoms with Gasteiger partial charge in [-0.3, -0.25) is 4.79 Å². The van der Waals surface area contributed by atoms with E-state index in [1.54, 1.807) is 28.2 Å². The number of rotatable bonds is 3. The number of aromatic nitrogens is 1. The Kier molecular flexibility index (Phi) is 4.84. The van der Waals surface area contributed by atoms with Gasteiger partial charge in [-0.05, 0) is 19.9 Å². The second-order valence-electron chi connectivity index (χ2n) is 6.33. The second kappa shape index (κ2) is 7.01. The van der Waals surface area contributed by atoms with E-state index in [1.807, 2.05) is 6.92 Å². The number of anilines is 1. The number of thioether (sulfide) groups is 2. The molecule has 9 heteroatoms. The van der Waals surface area contributed by atoms with Crippen molar-refractivity contribution in [2.75, 3.05) is 36.1 Å². The first-order valence-electron chi connectivity index (χ1n) is 8.72. The smallest absolute Gasteiger partial charge is 0.344 e. The molecule has 1 aromatic carbocycles. The summed E-state index contributed by atoms with van der Waals surface area (Å²) in [5.74, 6) is -0.686. The third-order valence-corrected chi connectivity index (χ3v) is 6.88. The molecular weight excluding hydrogens is 394 g/mol. The van der Waals surface area contributed by atoms with Gasteiger partial charge in [-0.15, -0.1) is 0 Å². The van der Waals surface area contributed by atoms with Crippen LogP contribution in [-0.2, 0) is 4.74 Å². The van der Waals surface area contributed by atoms with Gasteiger partial charge in [-0.2, -0.15) is 11.8 Å². The Bertz CT molecular complexity index is 1000. The van der Waals surface area contributed by atoms with E-state index in [0.717, 1.165) is 17.6 Å². The van der Waals surface area contributed by atoms with Crippen LogP contribution in [0.2, 0.25) is 0 Å². The van der Waals surface area contributed by atoms with Crippen LogP contribution >= 0.6 is 23.5 Å². The molecule has 0 amide bonds. The number of esters is 1. The number of halogens is 2. The number of carbonyl (C=O) groups excluding carboxylic acids is 1. The third-order valence-electron chi connectivity index (χ3n) is 4.77. The molecule has 5 nitrogen and oxygen atoms in total. The highest BCUT2D eigenvalue weighted by Gasteiger charge is 2.36. The van der Waals surface area contributed by atoms with Crippen molar-refractivity contribution in [1.29, 1.82) is 0 Å². The minimum atomic E-state index is -0.779. The number of pyridine rings is 1. The van der Waals surface area contributed by atoms with Gasteiger partial charge in [0, 0.05) is 24.6 Å². The molecule has 1 aromatic heterocycles. The van der Waals surface area contributed by atoms with Gasteiger partial charge in [0.05, 0.1) is 27.9 Å². The van der Waals surface area contributed by atoms with Crippen LogP contribution in [0, 0.1) is 11.6 Å². The van der Waals surface area contributed by atoms with Crippen molar-refractivity contribution in [1.82, 2.24) is 4.57 Å². The number of hydrogen-bond acceptors (Lipinski definition) is 6. The van der Waals surface area contributed by atoms with Gasteiger partial charge in [-0.1, -0.05) is 11.8 Å². The predicted molar refractivity (Wildman–Crippen MR) is 104 cm³/mol. The van der Waals surface area contributed by atoms with Crippen LogP contribution in [0.4, 0.5) is 14.5 Å². The summed E-state index contributed by atoms with van der Waals surface area (Å²) in [7, 11) is 0. The first kappa shape index (κ1) is 18.6. The summed E-state index contributed by atoms with van der Waals surface area (Å²) < 4.78 is 36.8. The molecule has 27 heavy (non-hydrogen) atoms. The van der Waals surface area contributed by atoms with Gasteiger partial charge in [0.15, 0.2) is 5.82 Å². The highest BCUT2D eigenvalue weighted by atomic mass is 32.2. The zero-order chi connectivity index (χ0) is 19.3. The average Bonchev–Trinajstić information content (AvgIpc) is 2.63. The molecule has 0 bridgehead atoms. The number of fused-ring (bicyclic) bond motifs is 3. The summed E-state index contributed by atoms with van der Waals surface area (Å²) in [6.45, 7) is 4.70. The van der Waals surface area contributed by atoms with Crippen molar-refractivity contribution < 1.29 is 18.3 Å². The molecule has 0 radical (unpaired) electrons. The van der Waals surface area contributed by atoms with E-state index < -0.39 is 23.0 Å². The monoisotopic (exact) mass is 412 g/mol. The lowest BCUT2D eigenvalue weighted by Gasteiger charge is -2.34. The Morgan fingerprint density at radius 2 is 2.04 bits per heavy atom. The van der Waals surface area contributed by atoms with Crippen LogP contribution in [0.5, 0.6) is 0 Å². The number of hydrogen-bond donors (Lipinski definition) is 0. The van der Waals surface area contributed by atoms with Crippen molar-refractivity contribution in [3.63, 3.8) is 0 Å². The van der Waals surface area contributed by atoms with E-state index in [0.29, 0.717) is 18.1 Å². The van der Waals surface area contributed by atoms with E-state index in [4.69, 9.17) is 4.74 Å². The lowest BCUT2D eigenvalue weighted by molar-refractivity contribution is 0.0518. The minimum Gasteiger partial charge on any atom is -0.462 e. The molecule has 0 spiro atoms. The fourth-order valence-corrected chi connectivity index (χ4v) is 5.59. The van der Waals surface area contributed by atoms with Crippen LogP contribution in [0.1, 0.15) is 29.6 Å². The quantitative estimate of drug-likeness (QED) is 0.718. The first-order chi connectivity index (χ1) is 13.0. The van der Waals surface area contributed by atoms with E-state index >= 15 is 4.39 Å². The second-order valence-corrected chi connectivity index (χ2v) is 8.86. The van der Waals surface area contributed by atoms with Crippen LogP contribution in [-0.4, -0.2) is 41.7 Å². The van der Waals surface area contributed by atoms with E-state index in [-0.39, 0.29) is 34.1 Å². The topological polar surface area (TPSA) is 51.5 Å². The predicted octanol–water partition coefficient (Wildman–Crippen LogP) is 3.63. The van der Waals surface area contributed by atoms with Gasteiger partial charge in [0.1, 0.15) is 17.1 Å². The lowest BCUT2D eigenvalue weighted by atomic mass is 10.1. The van der Waals surface area contributed by atoms with Crippen LogP contribution in [0.3, 0.4) is 0 Å². The van der Waals surface area contributed by atoms with Gasteiger partial charge < -0.3 is 14.2 Å². The summed E-state index contributed by atoms with van der Waals surface area (Å²) in [6.07, 6.45) is 0. The normalized spacial score (nSPS) is 19.0. The Hall–Kier alpha value is -1.74. The largest absolute Gasteiger partial charge is 0.462 e. The molecular formula is C18H18F2N2O3S2. The van der Waals surface area contributed by atoms with Crippen molar-refractivity contribution in [2.45, 2.75) is 24.2 Å². The molecule has 0 saturated carbocycles. The Balaban J connectivity index is 2.00. The molecule has 0 N–H and O–H groups in total. The molecule has 1 saturated heterocycles. The van der Waals surface area contributed by atoms with Crippen molar-refractivity contribution >= 4 is 46.1 Å². The summed E-state index contributed by atoms with van der Waals surface area (Å²) in [6, 6.07) is 1.06. The molecule has 4 rings (SSSR count). The molecule has 0 aliphatic carbocycles. The SMILES string of the molecule is CCOC(=O)c1c2n(c3c(F)c(N4CCSCC4)c(F)cc3c1=O)C(C)S2. The molecule has 1 atom stereocenters. The summed E-state index contributed by atoms with van der Waals surface area (Å²) in [4.78, 5) is 26.8. The van der Waals surface area contributed by atoms with E-state index in [9.17, 15) is 14.0 Å². The van der Waals surface area contributed by atoms with Gasteiger partial charge in [0.2, 0.25) is 5.43 Å². The minimum absolute atomic E-state index is 0.0592. The number of nitrogens with zero attached hydrogens (tertiary/aromatic N) is 2. The Morgan fingerprint density at radius 3 is 2.67 bits per heavy atom. The summed E-state index contributed by atoms with van der Waals surface area (Å²) >= 11 is 3.04. The molecule has 144 valence electrons. The van der Waals surface area contributed by atoms with Crippen LogP contribution < -0.4 is 10.3 Å². The standard InChI is InChI=1S/C18H18F2N2O3S2/c1-3-25-18(24)12-16(23)10-8-11(19)15(21-4-6-26-7-5-21)13(20)14(10)22-9(2)27-17(12)22/h8-9H,3-7H2,1-2H3. The highest BCUT2D eigenvalue weighted by molar-refractivity contribution is 8.00. The zero-order valence-corrected chi connectivity index (χ0v) is 16.5. The molecule has 2 aromatic rings. The van der Waals surface area contributed by atoms with Crippen molar-refractivity contribution in [3.8, 4) is 0 Å². The van der Waals surface area contributed by atoms with Gasteiger partial charge in [0.25, 0.3) is 0 Å². The van der Waals surface area contributed by atoms with Crippen molar-refractivity contribution in [2.24, 2.45) is 0 Å². The fraction of sp³-hybridized carbons (Fsp3) is 0.444. The summed E-state index contributed by atoms with van der Waals surface area (Å²) in [5.41, 5.74) is -0.866. The average molecular weight is 412 g/mol.